The largest absolute Gasteiger partial charge is 0.464 e. The summed E-state index contributed by atoms with van der Waals surface area (Å²) in [5.41, 5.74) is -1.79. The fourth-order valence-electron chi connectivity index (χ4n) is 3.96. The summed E-state index contributed by atoms with van der Waals surface area (Å²) in [6.45, 7) is 2.60. The SMILES string of the molecule is CCCCCCCCCCCOC(=O)C1CCCN1C(=O)c1cc(C(F)(F)F)ccc1F. The summed E-state index contributed by atoms with van der Waals surface area (Å²) in [5.74, 6) is -2.55. The van der Waals surface area contributed by atoms with Crippen LogP contribution >= 0.6 is 0 Å². The number of rotatable bonds is 12. The third kappa shape index (κ3) is 7.78. The molecule has 0 aliphatic carbocycles. The first kappa shape index (κ1) is 26.1. The van der Waals surface area contributed by atoms with Crippen LogP contribution in [0.2, 0.25) is 0 Å². The lowest BCUT2D eigenvalue weighted by Gasteiger charge is -2.24. The van der Waals surface area contributed by atoms with Crippen LogP contribution < -0.4 is 0 Å². The van der Waals surface area contributed by atoms with Crippen molar-refractivity contribution < 1.29 is 31.9 Å². The second-order valence-electron chi connectivity index (χ2n) is 8.34. The first-order chi connectivity index (χ1) is 15.3. The fraction of sp³-hybridized carbons (Fsp3) is 0.667. The summed E-state index contributed by atoms with van der Waals surface area (Å²) in [6.07, 6.45) is 6.31. The highest BCUT2D eigenvalue weighted by molar-refractivity contribution is 5.97. The number of unbranched alkanes of at least 4 members (excludes halogenated alkanes) is 8. The van der Waals surface area contributed by atoms with E-state index in [2.05, 4.69) is 6.92 Å². The van der Waals surface area contributed by atoms with E-state index in [4.69, 9.17) is 4.74 Å². The molecule has 1 aromatic carbocycles. The number of carbonyl (C=O) groups is 2. The number of alkyl halides is 3. The predicted octanol–water partition coefficient (Wildman–Crippen LogP) is 6.52. The monoisotopic (exact) mass is 459 g/mol. The van der Waals surface area contributed by atoms with Gasteiger partial charge >= 0.3 is 12.1 Å². The zero-order chi connectivity index (χ0) is 23.6. The second kappa shape index (κ2) is 12.8. The molecule has 0 spiro atoms. The van der Waals surface area contributed by atoms with E-state index in [-0.39, 0.29) is 13.2 Å². The van der Waals surface area contributed by atoms with E-state index in [9.17, 15) is 27.2 Å². The van der Waals surface area contributed by atoms with Gasteiger partial charge in [-0.3, -0.25) is 4.79 Å². The molecule has 1 amide bonds. The van der Waals surface area contributed by atoms with E-state index in [1.807, 2.05) is 0 Å². The highest BCUT2D eigenvalue weighted by atomic mass is 19.4. The minimum atomic E-state index is -4.69. The highest BCUT2D eigenvalue weighted by Gasteiger charge is 2.38. The lowest BCUT2D eigenvalue weighted by atomic mass is 10.1. The van der Waals surface area contributed by atoms with Gasteiger partial charge in [0.15, 0.2) is 0 Å². The van der Waals surface area contributed by atoms with Crippen LogP contribution in [0.3, 0.4) is 0 Å². The molecule has 1 unspecified atom stereocenters. The van der Waals surface area contributed by atoms with E-state index < -0.39 is 41.0 Å². The number of ether oxygens (including phenoxy) is 1. The van der Waals surface area contributed by atoms with E-state index in [1.54, 1.807) is 0 Å². The first-order valence-electron chi connectivity index (χ1n) is 11.6. The van der Waals surface area contributed by atoms with Crippen LogP contribution in [0, 0.1) is 5.82 Å². The quantitative estimate of drug-likeness (QED) is 0.203. The summed E-state index contributed by atoms with van der Waals surface area (Å²) in [4.78, 5) is 26.3. The van der Waals surface area contributed by atoms with Crippen LogP contribution in [0.5, 0.6) is 0 Å². The Balaban J connectivity index is 1.81. The molecule has 8 heteroatoms. The number of benzene rings is 1. The van der Waals surface area contributed by atoms with Gasteiger partial charge in [-0.15, -0.1) is 0 Å². The Kier molecular flexibility index (Phi) is 10.5. The Morgan fingerprint density at radius 1 is 1.03 bits per heavy atom. The summed E-state index contributed by atoms with van der Waals surface area (Å²) in [7, 11) is 0. The Hall–Kier alpha value is -2.12. The molecule has 2 rings (SSSR count). The Bertz CT molecular complexity index is 751. The third-order valence-corrected chi connectivity index (χ3v) is 5.80. The van der Waals surface area contributed by atoms with Gasteiger partial charge in [-0.25, -0.2) is 9.18 Å². The van der Waals surface area contributed by atoms with Crippen molar-refractivity contribution in [2.45, 2.75) is 89.8 Å². The number of esters is 1. The van der Waals surface area contributed by atoms with Crippen LogP contribution in [0.4, 0.5) is 17.6 Å². The lowest BCUT2D eigenvalue weighted by Crippen LogP contribution is -2.42. The van der Waals surface area contributed by atoms with Crippen molar-refractivity contribution >= 4 is 11.9 Å². The fourth-order valence-corrected chi connectivity index (χ4v) is 3.96. The lowest BCUT2D eigenvalue weighted by molar-refractivity contribution is -0.148. The molecule has 0 N–H and O–H groups in total. The van der Waals surface area contributed by atoms with Gasteiger partial charge in [-0.1, -0.05) is 58.3 Å². The molecule has 4 nitrogen and oxygen atoms in total. The minimum Gasteiger partial charge on any atom is -0.464 e. The molecule has 1 fully saturated rings. The van der Waals surface area contributed by atoms with E-state index in [1.165, 1.54) is 32.1 Å². The van der Waals surface area contributed by atoms with Crippen molar-refractivity contribution in [1.82, 2.24) is 4.90 Å². The average molecular weight is 460 g/mol. The van der Waals surface area contributed by atoms with Crippen LogP contribution in [-0.2, 0) is 15.7 Å². The normalized spacial score (nSPS) is 16.4. The maximum atomic E-state index is 14.1. The van der Waals surface area contributed by atoms with Gasteiger partial charge in [0.25, 0.3) is 5.91 Å². The molecule has 180 valence electrons. The molecule has 1 aliphatic rings. The molecule has 1 saturated heterocycles. The zero-order valence-corrected chi connectivity index (χ0v) is 18.7. The molecular weight excluding hydrogens is 426 g/mol. The summed E-state index contributed by atoms with van der Waals surface area (Å²) in [5, 5.41) is 0. The summed E-state index contributed by atoms with van der Waals surface area (Å²) in [6, 6.07) is 0.826. The molecule has 1 aromatic rings. The maximum absolute atomic E-state index is 14.1. The maximum Gasteiger partial charge on any atom is 0.416 e. The van der Waals surface area contributed by atoms with Crippen LogP contribution in [0.15, 0.2) is 18.2 Å². The zero-order valence-electron chi connectivity index (χ0n) is 18.7. The molecule has 0 aromatic heterocycles. The number of hydrogen-bond acceptors (Lipinski definition) is 3. The smallest absolute Gasteiger partial charge is 0.416 e. The van der Waals surface area contributed by atoms with Crippen molar-refractivity contribution in [3.63, 3.8) is 0 Å². The average Bonchev–Trinajstić information content (AvgIpc) is 3.24. The standard InChI is InChI=1S/C24H33F4NO3/c1-2-3-4-5-6-7-8-9-10-16-32-23(31)21-12-11-15-29(21)22(30)19-17-18(24(26,27)28)13-14-20(19)25/h13-14,17,21H,2-12,15-16H2,1H3. The van der Waals surface area contributed by atoms with Gasteiger partial charge in [0.05, 0.1) is 17.7 Å². The number of carbonyl (C=O) groups excluding carboxylic acids is 2. The first-order valence-corrected chi connectivity index (χ1v) is 11.6. The van der Waals surface area contributed by atoms with Crippen molar-refractivity contribution in [3.05, 3.63) is 35.1 Å². The number of hydrogen-bond donors (Lipinski definition) is 0. The molecular formula is C24H33F4NO3. The van der Waals surface area contributed by atoms with Crippen molar-refractivity contribution in [1.29, 1.82) is 0 Å². The molecule has 0 saturated carbocycles. The Morgan fingerprint density at radius 2 is 1.66 bits per heavy atom. The number of likely N-dealkylation sites (tertiary alicyclic amines) is 1. The van der Waals surface area contributed by atoms with Crippen molar-refractivity contribution in [2.75, 3.05) is 13.2 Å². The topological polar surface area (TPSA) is 46.6 Å². The summed E-state index contributed by atoms with van der Waals surface area (Å²) < 4.78 is 58.2. The Morgan fingerprint density at radius 3 is 2.28 bits per heavy atom. The number of nitrogens with zero attached hydrogens (tertiary/aromatic N) is 1. The van der Waals surface area contributed by atoms with Gasteiger partial charge in [0.2, 0.25) is 0 Å². The van der Waals surface area contributed by atoms with Crippen molar-refractivity contribution in [3.8, 4) is 0 Å². The van der Waals surface area contributed by atoms with E-state index in [0.717, 1.165) is 30.6 Å². The van der Waals surface area contributed by atoms with Crippen LogP contribution in [0.25, 0.3) is 0 Å². The summed E-state index contributed by atoms with van der Waals surface area (Å²) >= 11 is 0. The van der Waals surface area contributed by atoms with Crippen LogP contribution in [-0.4, -0.2) is 36.0 Å². The van der Waals surface area contributed by atoms with Crippen LogP contribution in [0.1, 0.15) is 93.5 Å². The Labute approximate surface area is 187 Å². The molecule has 0 radical (unpaired) electrons. The third-order valence-electron chi connectivity index (χ3n) is 5.80. The van der Waals surface area contributed by atoms with Gasteiger partial charge < -0.3 is 9.64 Å². The minimum absolute atomic E-state index is 0.173. The highest BCUT2D eigenvalue weighted by Crippen LogP contribution is 2.31. The van der Waals surface area contributed by atoms with Crippen molar-refractivity contribution in [2.24, 2.45) is 0 Å². The molecule has 32 heavy (non-hydrogen) atoms. The predicted molar refractivity (Wildman–Crippen MR) is 114 cm³/mol. The van der Waals surface area contributed by atoms with Gasteiger partial charge in [-0.05, 0) is 37.5 Å². The number of halogens is 4. The van der Waals surface area contributed by atoms with Gasteiger partial charge in [0, 0.05) is 6.54 Å². The molecule has 1 aliphatic heterocycles. The van der Waals surface area contributed by atoms with Gasteiger partial charge in [-0.2, -0.15) is 13.2 Å². The van der Waals surface area contributed by atoms with Gasteiger partial charge in [0.1, 0.15) is 11.9 Å². The second-order valence-corrected chi connectivity index (χ2v) is 8.34. The molecule has 0 bridgehead atoms. The van der Waals surface area contributed by atoms with E-state index >= 15 is 0 Å². The van der Waals surface area contributed by atoms with E-state index in [0.29, 0.717) is 31.0 Å². The molecule has 1 atom stereocenters. The number of amides is 1. The molecule has 1 heterocycles.